The van der Waals surface area contributed by atoms with E-state index < -0.39 is 0 Å². The van der Waals surface area contributed by atoms with Crippen LogP contribution < -0.4 is 10.1 Å². The van der Waals surface area contributed by atoms with Crippen molar-refractivity contribution in [3.05, 3.63) is 28.2 Å². The molecule has 1 heterocycles. The van der Waals surface area contributed by atoms with E-state index in [-0.39, 0.29) is 6.10 Å². The van der Waals surface area contributed by atoms with Crippen LogP contribution in [0, 0.1) is 0 Å². The van der Waals surface area contributed by atoms with E-state index in [1.807, 2.05) is 13.1 Å². The van der Waals surface area contributed by atoms with Crippen LogP contribution in [0.5, 0.6) is 5.75 Å². The molecule has 14 heavy (non-hydrogen) atoms. The Bertz CT molecular complexity index is 340. The normalized spacial score (nSPS) is 24.5. The standard InChI is InChI=1S/C11H14BrNO/c1-7-9(6-13-2)8-4-3-5-10(12)11(8)14-7/h3-5,7,9,13H,6H2,1-2H3. The van der Waals surface area contributed by atoms with Gasteiger partial charge in [0.25, 0.3) is 0 Å². The second-order valence-electron chi connectivity index (χ2n) is 3.65. The molecule has 1 aromatic rings. The van der Waals surface area contributed by atoms with Crippen molar-refractivity contribution in [2.45, 2.75) is 18.9 Å². The lowest BCUT2D eigenvalue weighted by Crippen LogP contribution is -2.24. The van der Waals surface area contributed by atoms with Crippen LogP contribution in [0.25, 0.3) is 0 Å². The van der Waals surface area contributed by atoms with Gasteiger partial charge < -0.3 is 10.1 Å². The topological polar surface area (TPSA) is 21.3 Å². The fourth-order valence-electron chi connectivity index (χ4n) is 1.96. The number of fused-ring (bicyclic) bond motifs is 1. The van der Waals surface area contributed by atoms with Gasteiger partial charge in [0.2, 0.25) is 0 Å². The van der Waals surface area contributed by atoms with Crippen molar-refractivity contribution in [2.75, 3.05) is 13.6 Å². The fraction of sp³-hybridized carbons (Fsp3) is 0.455. The lowest BCUT2D eigenvalue weighted by Gasteiger charge is -2.13. The van der Waals surface area contributed by atoms with Crippen molar-refractivity contribution in [3.63, 3.8) is 0 Å². The molecule has 2 nitrogen and oxygen atoms in total. The first kappa shape index (κ1) is 9.99. The van der Waals surface area contributed by atoms with Gasteiger partial charge in [-0.25, -0.2) is 0 Å². The van der Waals surface area contributed by atoms with Crippen LogP contribution in [0.3, 0.4) is 0 Å². The minimum absolute atomic E-state index is 0.260. The Labute approximate surface area is 92.8 Å². The van der Waals surface area contributed by atoms with E-state index in [9.17, 15) is 0 Å². The maximum atomic E-state index is 5.82. The van der Waals surface area contributed by atoms with Gasteiger partial charge in [-0.3, -0.25) is 0 Å². The van der Waals surface area contributed by atoms with Crippen molar-refractivity contribution < 1.29 is 4.74 Å². The van der Waals surface area contributed by atoms with Gasteiger partial charge in [0.1, 0.15) is 11.9 Å². The highest BCUT2D eigenvalue weighted by atomic mass is 79.9. The Hall–Kier alpha value is -0.540. The van der Waals surface area contributed by atoms with Crippen molar-refractivity contribution in [1.29, 1.82) is 0 Å². The van der Waals surface area contributed by atoms with E-state index in [4.69, 9.17) is 4.74 Å². The van der Waals surface area contributed by atoms with Crippen LogP contribution in [0.1, 0.15) is 18.4 Å². The molecule has 0 aromatic heterocycles. The molecule has 0 aliphatic carbocycles. The molecule has 0 amide bonds. The first-order valence-corrected chi connectivity index (χ1v) is 5.63. The quantitative estimate of drug-likeness (QED) is 0.877. The summed E-state index contributed by atoms with van der Waals surface area (Å²) >= 11 is 3.51. The average molecular weight is 256 g/mol. The molecular formula is C11H14BrNO. The molecule has 0 saturated carbocycles. The lowest BCUT2D eigenvalue weighted by atomic mass is 9.96. The van der Waals surface area contributed by atoms with Crippen LogP contribution in [-0.4, -0.2) is 19.7 Å². The average Bonchev–Trinajstić information content (AvgIpc) is 2.47. The van der Waals surface area contributed by atoms with Crippen LogP contribution in [0.4, 0.5) is 0 Å². The summed E-state index contributed by atoms with van der Waals surface area (Å²) in [5.74, 6) is 1.48. The Morgan fingerprint density at radius 3 is 3.00 bits per heavy atom. The van der Waals surface area contributed by atoms with Gasteiger partial charge in [-0.2, -0.15) is 0 Å². The molecule has 2 rings (SSSR count). The lowest BCUT2D eigenvalue weighted by molar-refractivity contribution is 0.224. The summed E-state index contributed by atoms with van der Waals surface area (Å²) < 4.78 is 6.87. The zero-order valence-electron chi connectivity index (χ0n) is 8.38. The van der Waals surface area contributed by atoms with E-state index in [0.29, 0.717) is 5.92 Å². The minimum Gasteiger partial charge on any atom is -0.489 e. The van der Waals surface area contributed by atoms with Gasteiger partial charge in [-0.15, -0.1) is 0 Å². The number of benzene rings is 1. The summed E-state index contributed by atoms with van der Waals surface area (Å²) in [4.78, 5) is 0. The summed E-state index contributed by atoms with van der Waals surface area (Å²) in [6.07, 6.45) is 0.260. The fourth-order valence-corrected chi connectivity index (χ4v) is 2.43. The maximum absolute atomic E-state index is 5.82. The third-order valence-electron chi connectivity index (χ3n) is 2.69. The number of ether oxygens (including phenoxy) is 1. The van der Waals surface area contributed by atoms with Gasteiger partial charge in [-0.1, -0.05) is 12.1 Å². The van der Waals surface area contributed by atoms with Crippen LogP contribution in [0.15, 0.2) is 22.7 Å². The molecule has 0 saturated heterocycles. The highest BCUT2D eigenvalue weighted by molar-refractivity contribution is 9.10. The molecule has 1 aliphatic rings. The van der Waals surface area contributed by atoms with Crippen LogP contribution in [0.2, 0.25) is 0 Å². The molecule has 2 atom stereocenters. The first-order valence-electron chi connectivity index (χ1n) is 4.83. The number of hydrogen-bond acceptors (Lipinski definition) is 2. The summed E-state index contributed by atoms with van der Waals surface area (Å²) in [5.41, 5.74) is 1.31. The molecule has 0 spiro atoms. The Morgan fingerprint density at radius 2 is 2.29 bits per heavy atom. The third-order valence-corrected chi connectivity index (χ3v) is 3.32. The van der Waals surface area contributed by atoms with Crippen LogP contribution >= 0.6 is 15.9 Å². The molecule has 3 heteroatoms. The van der Waals surface area contributed by atoms with Crippen LogP contribution in [-0.2, 0) is 0 Å². The van der Waals surface area contributed by atoms with Crippen molar-refractivity contribution in [1.82, 2.24) is 5.32 Å². The number of likely N-dealkylation sites (N-methyl/N-ethyl adjacent to an activating group) is 1. The molecule has 0 radical (unpaired) electrons. The van der Waals surface area contributed by atoms with E-state index >= 15 is 0 Å². The SMILES string of the molecule is CNCC1c2cccc(Br)c2OC1C. The molecular weight excluding hydrogens is 242 g/mol. The first-order chi connectivity index (χ1) is 6.74. The largest absolute Gasteiger partial charge is 0.489 e. The van der Waals surface area contributed by atoms with Crippen molar-refractivity contribution in [3.8, 4) is 5.75 Å². The molecule has 0 fully saturated rings. The second-order valence-corrected chi connectivity index (χ2v) is 4.50. The number of rotatable bonds is 2. The van der Waals surface area contributed by atoms with Gasteiger partial charge in [0.15, 0.2) is 0 Å². The Balaban J connectivity index is 2.37. The third kappa shape index (κ3) is 1.55. The number of halogens is 1. The van der Waals surface area contributed by atoms with E-state index in [1.54, 1.807) is 0 Å². The summed E-state index contributed by atoms with van der Waals surface area (Å²) in [6.45, 7) is 3.08. The molecule has 0 bridgehead atoms. The summed E-state index contributed by atoms with van der Waals surface area (Å²) in [5, 5.41) is 3.21. The molecule has 2 unspecified atom stereocenters. The van der Waals surface area contributed by atoms with Crippen molar-refractivity contribution >= 4 is 15.9 Å². The molecule has 1 aromatic carbocycles. The van der Waals surface area contributed by atoms with Gasteiger partial charge >= 0.3 is 0 Å². The van der Waals surface area contributed by atoms with E-state index in [0.717, 1.165) is 16.8 Å². The predicted octanol–water partition coefficient (Wildman–Crippen LogP) is 2.53. The van der Waals surface area contributed by atoms with E-state index in [2.05, 4.69) is 40.3 Å². The maximum Gasteiger partial charge on any atom is 0.137 e. The van der Waals surface area contributed by atoms with Gasteiger partial charge in [0.05, 0.1) is 4.47 Å². The highest BCUT2D eigenvalue weighted by Crippen LogP contribution is 2.42. The smallest absolute Gasteiger partial charge is 0.137 e. The zero-order valence-corrected chi connectivity index (χ0v) is 9.97. The van der Waals surface area contributed by atoms with Crippen molar-refractivity contribution in [2.24, 2.45) is 0 Å². The van der Waals surface area contributed by atoms with E-state index in [1.165, 1.54) is 5.56 Å². The second kappa shape index (κ2) is 3.91. The summed E-state index contributed by atoms with van der Waals surface area (Å²) in [7, 11) is 1.97. The predicted molar refractivity (Wildman–Crippen MR) is 60.9 cm³/mol. The van der Waals surface area contributed by atoms with Gasteiger partial charge in [0, 0.05) is 18.0 Å². The van der Waals surface area contributed by atoms with Gasteiger partial charge in [-0.05, 0) is 36.0 Å². The summed E-state index contributed by atoms with van der Waals surface area (Å²) in [6, 6.07) is 6.23. The highest BCUT2D eigenvalue weighted by Gasteiger charge is 2.31. The zero-order chi connectivity index (χ0) is 10.1. The Kier molecular flexibility index (Phi) is 2.79. The molecule has 1 aliphatic heterocycles. The Morgan fingerprint density at radius 1 is 1.50 bits per heavy atom. The number of nitrogens with one attached hydrogen (secondary N) is 1. The minimum atomic E-state index is 0.260. The molecule has 76 valence electrons. The number of para-hydroxylation sites is 1. The molecule has 1 N–H and O–H groups in total. The monoisotopic (exact) mass is 255 g/mol. The number of hydrogen-bond donors (Lipinski definition) is 1.